The van der Waals surface area contributed by atoms with Gasteiger partial charge in [0.05, 0.1) is 29.9 Å². The van der Waals surface area contributed by atoms with Crippen molar-refractivity contribution in [2.24, 2.45) is 0 Å². The molecule has 5 aromatic rings. The summed E-state index contributed by atoms with van der Waals surface area (Å²) in [6.45, 7) is 4.50. The summed E-state index contributed by atoms with van der Waals surface area (Å²) in [6, 6.07) is 27.6. The molecule has 0 atom stereocenters. The van der Waals surface area contributed by atoms with E-state index in [-0.39, 0.29) is 0 Å². The highest BCUT2D eigenvalue weighted by Gasteiger charge is 2.17. The maximum absolute atomic E-state index is 5.49. The Morgan fingerprint density at radius 3 is 1.62 bits per heavy atom. The number of nitrogens with one attached hydrogen (secondary N) is 2. The molecular weight excluding hydrogens is 576 g/mol. The Morgan fingerprint density at radius 2 is 1.04 bits per heavy atom. The van der Waals surface area contributed by atoms with E-state index in [2.05, 4.69) is 115 Å². The summed E-state index contributed by atoms with van der Waals surface area (Å²) >= 11 is 0. The van der Waals surface area contributed by atoms with Crippen molar-refractivity contribution < 1.29 is 4.74 Å². The number of aromatic amines is 2. The Balaban J connectivity index is 1.59. The van der Waals surface area contributed by atoms with Gasteiger partial charge in [-0.3, -0.25) is 0 Å². The largest absolute Gasteiger partial charge is 0.497 e. The Kier molecular flexibility index (Phi) is 8.87. The minimum atomic E-state index is 0.825. The summed E-state index contributed by atoms with van der Waals surface area (Å²) < 4.78 is 5.49. The molecule has 0 aliphatic carbocycles. The molecule has 2 aliphatic rings. The minimum absolute atomic E-state index is 0.825. The molecule has 7 rings (SSSR count). The number of aromatic nitrogens is 4. The van der Waals surface area contributed by atoms with Gasteiger partial charge in [0, 0.05) is 44.3 Å². The lowest BCUT2D eigenvalue weighted by Crippen LogP contribution is -1.93. The lowest BCUT2D eigenvalue weighted by Gasteiger charge is -2.07. The van der Waals surface area contributed by atoms with Crippen molar-refractivity contribution in [2.75, 3.05) is 7.11 Å². The van der Waals surface area contributed by atoms with Crippen LogP contribution in [0.2, 0.25) is 0 Å². The maximum atomic E-state index is 5.49. The fourth-order valence-corrected chi connectivity index (χ4v) is 6.80. The van der Waals surface area contributed by atoms with Gasteiger partial charge in [-0.05, 0) is 91.1 Å². The van der Waals surface area contributed by atoms with Gasteiger partial charge in [-0.2, -0.15) is 0 Å². The smallest absolute Gasteiger partial charge is 0.118 e. The van der Waals surface area contributed by atoms with E-state index in [1.54, 1.807) is 7.11 Å². The molecular formula is C42H42N4O. The van der Waals surface area contributed by atoms with Gasteiger partial charge < -0.3 is 14.7 Å². The lowest BCUT2D eigenvalue weighted by atomic mass is 10.0. The Labute approximate surface area is 277 Å². The monoisotopic (exact) mass is 618 g/mol. The molecule has 5 nitrogen and oxygen atoms in total. The summed E-state index contributed by atoms with van der Waals surface area (Å²) in [6.07, 6.45) is 16.5. The molecule has 8 bridgehead atoms. The van der Waals surface area contributed by atoms with Crippen molar-refractivity contribution >= 4 is 46.4 Å². The van der Waals surface area contributed by atoms with E-state index in [9.17, 15) is 0 Å². The zero-order valence-electron chi connectivity index (χ0n) is 27.6. The Hall–Kier alpha value is -5.16. The number of hydrogen-bond donors (Lipinski definition) is 2. The predicted molar refractivity (Wildman–Crippen MR) is 198 cm³/mol. The molecule has 47 heavy (non-hydrogen) atoms. The number of H-pyrrole nitrogens is 2. The molecule has 0 amide bonds. The van der Waals surface area contributed by atoms with Gasteiger partial charge in [-0.25, -0.2) is 9.97 Å². The number of methoxy groups -OCH3 is 1. The standard InChI is InChI=1S/C42H42N4O/c1-4-6-7-11-15-32-35-21-20-33(43-35)31(12-5-2)34-22-24-38(44-34)42(29-16-18-30(47-3)19-17-29)40-27-26-39(46-40)41(28-13-9-8-10-14-28)37-25-23-36(32)45-37/h8-10,13-14,16-27,43,46H,4-7,11-12,15H2,1-3H3. The SMILES string of the molecule is CCCCCCc1c2nc(c(-c3ccccc3)c3ccc([nH]3)c(-c3ccc(OC)cc3)c3nc(c(CCC)c4ccc1[nH]4)C=C3)C=C2. The summed E-state index contributed by atoms with van der Waals surface area (Å²) in [5.41, 5.74) is 15.1. The zero-order chi connectivity index (χ0) is 32.2. The van der Waals surface area contributed by atoms with Crippen LogP contribution in [0.25, 0.3) is 68.6 Å². The van der Waals surface area contributed by atoms with Crippen LogP contribution in [0.3, 0.4) is 0 Å². The van der Waals surface area contributed by atoms with Gasteiger partial charge in [-0.1, -0.05) is 82.0 Å². The summed E-state index contributed by atoms with van der Waals surface area (Å²) in [4.78, 5) is 18.3. The Morgan fingerprint density at radius 1 is 0.511 bits per heavy atom. The molecule has 0 saturated heterocycles. The quantitative estimate of drug-likeness (QED) is 0.150. The highest BCUT2D eigenvalue weighted by Crippen LogP contribution is 2.35. The third-order valence-electron chi connectivity index (χ3n) is 9.19. The average Bonchev–Trinajstić information content (AvgIpc) is 3.94. The number of benzene rings is 2. The molecule has 0 radical (unpaired) electrons. The van der Waals surface area contributed by atoms with E-state index in [1.807, 2.05) is 12.1 Å². The van der Waals surface area contributed by atoms with Crippen molar-refractivity contribution in [3.63, 3.8) is 0 Å². The normalized spacial score (nSPS) is 12.1. The molecule has 0 fully saturated rings. The van der Waals surface area contributed by atoms with E-state index in [0.717, 1.165) is 98.5 Å². The van der Waals surface area contributed by atoms with Crippen LogP contribution < -0.4 is 4.74 Å². The zero-order valence-corrected chi connectivity index (χ0v) is 27.6. The van der Waals surface area contributed by atoms with Crippen LogP contribution in [-0.4, -0.2) is 27.0 Å². The van der Waals surface area contributed by atoms with Gasteiger partial charge in [0.1, 0.15) is 5.75 Å². The maximum Gasteiger partial charge on any atom is 0.118 e. The van der Waals surface area contributed by atoms with Crippen molar-refractivity contribution in [1.29, 1.82) is 0 Å². The van der Waals surface area contributed by atoms with E-state index >= 15 is 0 Å². The van der Waals surface area contributed by atoms with Crippen molar-refractivity contribution in [2.45, 2.75) is 58.8 Å². The molecule has 5 heteroatoms. The molecule has 2 N–H and O–H groups in total. The van der Waals surface area contributed by atoms with E-state index in [4.69, 9.17) is 14.7 Å². The Bertz CT molecular complexity index is 2110. The average molecular weight is 619 g/mol. The third kappa shape index (κ3) is 6.18. The van der Waals surface area contributed by atoms with Crippen LogP contribution in [0, 0.1) is 0 Å². The van der Waals surface area contributed by atoms with Crippen LogP contribution >= 0.6 is 0 Å². The fourth-order valence-electron chi connectivity index (χ4n) is 6.80. The fraction of sp³-hybridized carbons (Fsp3) is 0.238. The second-order valence-electron chi connectivity index (χ2n) is 12.4. The molecule has 0 spiro atoms. The number of hydrogen-bond acceptors (Lipinski definition) is 3. The number of rotatable bonds is 10. The summed E-state index contributed by atoms with van der Waals surface area (Å²) in [5.74, 6) is 0.825. The summed E-state index contributed by atoms with van der Waals surface area (Å²) in [5, 5.41) is 0. The van der Waals surface area contributed by atoms with Crippen LogP contribution in [0.4, 0.5) is 0 Å². The van der Waals surface area contributed by atoms with Crippen LogP contribution in [-0.2, 0) is 12.8 Å². The van der Waals surface area contributed by atoms with E-state index < -0.39 is 0 Å². The van der Waals surface area contributed by atoms with Gasteiger partial charge in [-0.15, -0.1) is 0 Å². The van der Waals surface area contributed by atoms with Crippen molar-refractivity contribution in [3.05, 3.63) is 113 Å². The molecule has 2 aromatic carbocycles. The topological polar surface area (TPSA) is 66.6 Å². The minimum Gasteiger partial charge on any atom is -0.497 e. The number of nitrogens with zero attached hydrogens (tertiary/aromatic N) is 2. The highest BCUT2D eigenvalue weighted by atomic mass is 16.5. The number of fused-ring (bicyclic) bond motifs is 8. The first-order valence-corrected chi connectivity index (χ1v) is 17.0. The number of aryl methyl sites for hydroxylation is 2. The van der Waals surface area contributed by atoms with Gasteiger partial charge in [0.25, 0.3) is 0 Å². The number of ether oxygens (including phenoxy) is 1. The first kappa shape index (κ1) is 30.5. The third-order valence-corrected chi connectivity index (χ3v) is 9.19. The first-order chi connectivity index (χ1) is 23.2. The lowest BCUT2D eigenvalue weighted by molar-refractivity contribution is 0.415. The molecule has 236 valence electrons. The summed E-state index contributed by atoms with van der Waals surface area (Å²) in [7, 11) is 1.70. The van der Waals surface area contributed by atoms with Crippen molar-refractivity contribution in [3.8, 4) is 28.0 Å². The molecule has 0 saturated carbocycles. The van der Waals surface area contributed by atoms with Crippen LogP contribution in [0.1, 0.15) is 79.9 Å². The van der Waals surface area contributed by atoms with Crippen molar-refractivity contribution in [1.82, 2.24) is 19.9 Å². The second kappa shape index (κ2) is 13.7. The van der Waals surface area contributed by atoms with E-state index in [0.29, 0.717) is 0 Å². The predicted octanol–water partition coefficient (Wildman–Crippen LogP) is 11.1. The van der Waals surface area contributed by atoms with Crippen LogP contribution in [0.15, 0.2) is 78.9 Å². The highest BCUT2D eigenvalue weighted by molar-refractivity contribution is 5.95. The molecule has 3 aromatic heterocycles. The van der Waals surface area contributed by atoms with Gasteiger partial charge >= 0.3 is 0 Å². The second-order valence-corrected chi connectivity index (χ2v) is 12.4. The molecule has 5 heterocycles. The number of unbranched alkanes of at least 4 members (excludes halogenated alkanes) is 3. The first-order valence-electron chi connectivity index (χ1n) is 17.0. The van der Waals surface area contributed by atoms with Crippen LogP contribution in [0.5, 0.6) is 5.75 Å². The van der Waals surface area contributed by atoms with Gasteiger partial charge in [0.15, 0.2) is 0 Å². The molecule has 0 unspecified atom stereocenters. The molecule has 2 aliphatic heterocycles. The van der Waals surface area contributed by atoms with E-state index in [1.165, 1.54) is 30.4 Å². The van der Waals surface area contributed by atoms with Gasteiger partial charge in [0.2, 0.25) is 0 Å².